The van der Waals surface area contributed by atoms with E-state index >= 15 is 0 Å². The van der Waals surface area contributed by atoms with Gasteiger partial charge in [-0.3, -0.25) is 9.59 Å². The van der Waals surface area contributed by atoms with E-state index in [1.807, 2.05) is 17.5 Å². The molecule has 3 aromatic rings. The van der Waals surface area contributed by atoms with Crippen molar-refractivity contribution in [3.63, 3.8) is 0 Å². The van der Waals surface area contributed by atoms with Crippen LogP contribution in [0.1, 0.15) is 0 Å². The van der Waals surface area contributed by atoms with Crippen molar-refractivity contribution in [2.24, 2.45) is 0 Å². The van der Waals surface area contributed by atoms with Crippen molar-refractivity contribution in [1.29, 1.82) is 0 Å². The Hall–Kier alpha value is -2.35. The molecule has 0 aliphatic heterocycles. The van der Waals surface area contributed by atoms with Crippen molar-refractivity contribution in [2.75, 3.05) is 13.2 Å². The number of benzene rings is 1. The topological polar surface area (TPSA) is 73.2 Å². The molecule has 0 unspecified atom stereocenters. The van der Waals surface area contributed by atoms with E-state index in [1.54, 1.807) is 29.5 Å². The molecule has 9 heteroatoms. The Morgan fingerprint density at radius 3 is 2.85 bits per heavy atom. The molecule has 2 aromatic heterocycles. The second kappa shape index (κ2) is 9.03. The van der Waals surface area contributed by atoms with Crippen molar-refractivity contribution in [3.8, 4) is 16.3 Å². The van der Waals surface area contributed by atoms with Crippen LogP contribution < -0.4 is 15.6 Å². The van der Waals surface area contributed by atoms with Crippen molar-refractivity contribution in [2.45, 2.75) is 6.54 Å². The lowest BCUT2D eigenvalue weighted by Crippen LogP contribution is -2.34. The van der Waals surface area contributed by atoms with E-state index in [0.717, 1.165) is 10.6 Å². The lowest BCUT2D eigenvalue weighted by atomic mass is 10.3. The molecule has 0 spiro atoms. The number of aromatic nitrogens is 2. The molecule has 0 bridgehead atoms. The number of thiophene rings is 1. The van der Waals surface area contributed by atoms with Gasteiger partial charge in [-0.05, 0) is 29.6 Å². The number of carbonyl (C=O) groups excluding carboxylic acids is 1. The fourth-order valence-electron chi connectivity index (χ4n) is 2.25. The SMILES string of the molecule is O=C(COc1cc(Cl)ccc1Cl)NCCn1nc(-c2cccs2)ccc1=O. The highest BCUT2D eigenvalue weighted by atomic mass is 35.5. The van der Waals surface area contributed by atoms with E-state index in [1.165, 1.54) is 16.8 Å². The number of nitrogens with zero attached hydrogens (tertiary/aromatic N) is 2. The smallest absolute Gasteiger partial charge is 0.266 e. The molecular formula is C18H15Cl2N3O3S. The Bertz CT molecular complexity index is 990. The number of ether oxygens (including phenoxy) is 1. The second-order valence-corrected chi connectivity index (χ2v) is 7.26. The van der Waals surface area contributed by atoms with Crippen LogP contribution in [0, 0.1) is 0 Å². The second-order valence-electron chi connectivity index (χ2n) is 5.47. The number of amides is 1. The van der Waals surface area contributed by atoms with E-state index in [0.29, 0.717) is 15.8 Å². The molecule has 1 aromatic carbocycles. The Balaban J connectivity index is 1.52. The van der Waals surface area contributed by atoms with Gasteiger partial charge in [0, 0.05) is 23.7 Å². The number of carbonyl (C=O) groups is 1. The summed E-state index contributed by atoms with van der Waals surface area (Å²) in [5, 5.41) is 9.78. The van der Waals surface area contributed by atoms with Crippen LogP contribution in [0.2, 0.25) is 10.0 Å². The molecule has 0 atom stereocenters. The molecule has 3 rings (SSSR count). The molecule has 6 nitrogen and oxygen atoms in total. The molecule has 0 saturated heterocycles. The fraction of sp³-hybridized carbons (Fsp3) is 0.167. The molecule has 27 heavy (non-hydrogen) atoms. The highest BCUT2D eigenvalue weighted by Gasteiger charge is 2.08. The summed E-state index contributed by atoms with van der Waals surface area (Å²) in [4.78, 5) is 24.8. The number of halogens is 2. The molecule has 140 valence electrons. The largest absolute Gasteiger partial charge is 0.482 e. The van der Waals surface area contributed by atoms with Crippen LogP contribution in [0.3, 0.4) is 0 Å². The third kappa shape index (κ3) is 5.32. The van der Waals surface area contributed by atoms with Gasteiger partial charge in [0.15, 0.2) is 6.61 Å². The summed E-state index contributed by atoms with van der Waals surface area (Å²) in [6, 6.07) is 11.8. The molecule has 1 N–H and O–H groups in total. The van der Waals surface area contributed by atoms with Crippen LogP contribution in [0.25, 0.3) is 10.6 Å². The van der Waals surface area contributed by atoms with Crippen LogP contribution >= 0.6 is 34.5 Å². The fourth-order valence-corrected chi connectivity index (χ4v) is 3.27. The summed E-state index contributed by atoms with van der Waals surface area (Å²) in [6.07, 6.45) is 0. The Morgan fingerprint density at radius 2 is 2.07 bits per heavy atom. The first-order valence-corrected chi connectivity index (χ1v) is 9.63. The maximum Gasteiger partial charge on any atom is 0.266 e. The first kappa shape index (κ1) is 19.4. The molecule has 0 aliphatic carbocycles. The standard InChI is InChI=1S/C18H15Cl2N3O3S/c19-12-3-4-13(20)15(10-12)26-11-17(24)21-7-8-23-18(25)6-5-14(22-23)16-2-1-9-27-16/h1-6,9-10H,7-8,11H2,(H,21,24). The van der Waals surface area contributed by atoms with Gasteiger partial charge in [0.25, 0.3) is 11.5 Å². The van der Waals surface area contributed by atoms with E-state index in [2.05, 4.69) is 10.4 Å². The maximum atomic E-state index is 11.9. The summed E-state index contributed by atoms with van der Waals surface area (Å²) in [5.74, 6) is -0.00523. The van der Waals surface area contributed by atoms with Gasteiger partial charge < -0.3 is 10.1 Å². The minimum atomic E-state index is -0.339. The first-order chi connectivity index (χ1) is 13.0. The predicted octanol–water partition coefficient (Wildman–Crippen LogP) is 3.47. The zero-order chi connectivity index (χ0) is 19.2. The van der Waals surface area contributed by atoms with E-state index in [-0.39, 0.29) is 31.2 Å². The Morgan fingerprint density at radius 1 is 1.22 bits per heavy atom. The Labute approximate surface area is 169 Å². The summed E-state index contributed by atoms with van der Waals surface area (Å²) in [6.45, 7) is 0.283. The molecule has 2 heterocycles. The number of rotatable bonds is 7. The van der Waals surface area contributed by atoms with Gasteiger partial charge in [-0.25, -0.2) is 4.68 Å². The van der Waals surface area contributed by atoms with Gasteiger partial charge in [-0.2, -0.15) is 5.10 Å². The third-order valence-electron chi connectivity index (χ3n) is 3.54. The zero-order valence-electron chi connectivity index (χ0n) is 14.0. The van der Waals surface area contributed by atoms with E-state index in [4.69, 9.17) is 27.9 Å². The summed E-state index contributed by atoms with van der Waals surface area (Å²) < 4.78 is 6.69. The van der Waals surface area contributed by atoms with Gasteiger partial charge >= 0.3 is 0 Å². The molecule has 1 amide bonds. The Kier molecular flexibility index (Phi) is 6.49. The quantitative estimate of drug-likeness (QED) is 0.631. The van der Waals surface area contributed by atoms with Crippen LogP contribution in [-0.2, 0) is 11.3 Å². The monoisotopic (exact) mass is 423 g/mol. The van der Waals surface area contributed by atoms with E-state index < -0.39 is 0 Å². The van der Waals surface area contributed by atoms with Gasteiger partial charge in [0.1, 0.15) is 11.4 Å². The highest BCUT2D eigenvalue weighted by molar-refractivity contribution is 7.13. The molecule has 0 saturated carbocycles. The minimum Gasteiger partial charge on any atom is -0.482 e. The highest BCUT2D eigenvalue weighted by Crippen LogP contribution is 2.27. The van der Waals surface area contributed by atoms with Crippen molar-refractivity contribution >= 4 is 40.4 Å². The molecule has 0 radical (unpaired) electrons. The van der Waals surface area contributed by atoms with Gasteiger partial charge in [-0.15, -0.1) is 11.3 Å². The number of hydrogen-bond donors (Lipinski definition) is 1. The number of hydrogen-bond acceptors (Lipinski definition) is 5. The van der Waals surface area contributed by atoms with Crippen molar-refractivity contribution in [3.05, 3.63) is 68.2 Å². The summed E-state index contributed by atoms with van der Waals surface area (Å²) in [5.41, 5.74) is 0.487. The van der Waals surface area contributed by atoms with Gasteiger partial charge in [-0.1, -0.05) is 29.3 Å². The lowest BCUT2D eigenvalue weighted by molar-refractivity contribution is -0.123. The first-order valence-electron chi connectivity index (χ1n) is 7.99. The van der Waals surface area contributed by atoms with Gasteiger partial charge in [0.05, 0.1) is 16.4 Å². The van der Waals surface area contributed by atoms with Crippen LogP contribution in [0.5, 0.6) is 5.75 Å². The normalized spacial score (nSPS) is 10.6. The molecule has 0 fully saturated rings. The molecule has 0 aliphatic rings. The lowest BCUT2D eigenvalue weighted by Gasteiger charge is -2.10. The van der Waals surface area contributed by atoms with Crippen LogP contribution in [-0.4, -0.2) is 28.8 Å². The molecular weight excluding hydrogens is 409 g/mol. The zero-order valence-corrected chi connectivity index (χ0v) is 16.4. The van der Waals surface area contributed by atoms with Crippen molar-refractivity contribution in [1.82, 2.24) is 15.1 Å². The van der Waals surface area contributed by atoms with Crippen LogP contribution in [0.15, 0.2) is 52.6 Å². The average Bonchev–Trinajstić information content (AvgIpc) is 3.19. The number of nitrogens with one attached hydrogen (secondary N) is 1. The minimum absolute atomic E-state index is 0.211. The van der Waals surface area contributed by atoms with Crippen LogP contribution in [0.4, 0.5) is 0 Å². The van der Waals surface area contributed by atoms with Crippen molar-refractivity contribution < 1.29 is 9.53 Å². The van der Waals surface area contributed by atoms with Gasteiger partial charge in [0.2, 0.25) is 0 Å². The maximum absolute atomic E-state index is 11.9. The third-order valence-corrected chi connectivity index (χ3v) is 4.98. The predicted molar refractivity (Wildman–Crippen MR) is 107 cm³/mol. The summed E-state index contributed by atoms with van der Waals surface area (Å²) >= 11 is 13.4. The average molecular weight is 424 g/mol. The van der Waals surface area contributed by atoms with E-state index in [9.17, 15) is 9.59 Å². The summed E-state index contributed by atoms with van der Waals surface area (Å²) in [7, 11) is 0.